The van der Waals surface area contributed by atoms with Gasteiger partial charge in [-0.3, -0.25) is 0 Å². The highest BCUT2D eigenvalue weighted by Gasteiger charge is 2.19. The second-order valence-corrected chi connectivity index (χ2v) is 3.38. The number of aromatic nitrogens is 2. The van der Waals surface area contributed by atoms with E-state index in [0.29, 0.717) is 32.2 Å². The maximum absolute atomic E-state index is 5.52. The summed E-state index contributed by atoms with van der Waals surface area (Å²) in [4.78, 5) is 8.58. The molecule has 1 fully saturated rings. The summed E-state index contributed by atoms with van der Waals surface area (Å²) < 4.78 is 10.8. The molecular weight excluding hydrogens is 194 g/mol. The van der Waals surface area contributed by atoms with E-state index in [2.05, 4.69) is 9.97 Å². The van der Waals surface area contributed by atoms with E-state index in [4.69, 9.17) is 15.2 Å². The molecule has 15 heavy (non-hydrogen) atoms. The molecule has 0 aromatic carbocycles. The molecule has 2 heterocycles. The minimum Gasteiger partial charge on any atom is -0.376 e. The minimum atomic E-state index is -0.128. The van der Waals surface area contributed by atoms with Crippen LogP contribution in [0.1, 0.15) is 17.6 Å². The third-order valence-corrected chi connectivity index (χ3v) is 2.24. The van der Waals surface area contributed by atoms with Crippen LogP contribution < -0.4 is 5.73 Å². The van der Waals surface area contributed by atoms with Gasteiger partial charge >= 0.3 is 0 Å². The van der Waals surface area contributed by atoms with Crippen molar-refractivity contribution in [2.75, 3.05) is 26.4 Å². The molecule has 0 aliphatic carbocycles. The van der Waals surface area contributed by atoms with Crippen LogP contribution in [0.15, 0.2) is 12.3 Å². The second kappa shape index (κ2) is 5.16. The van der Waals surface area contributed by atoms with Crippen molar-refractivity contribution in [3.05, 3.63) is 23.8 Å². The average molecular weight is 209 g/mol. The first-order valence-corrected chi connectivity index (χ1v) is 5.11. The van der Waals surface area contributed by atoms with E-state index in [1.165, 1.54) is 0 Å². The van der Waals surface area contributed by atoms with E-state index in [0.717, 1.165) is 12.1 Å². The largest absolute Gasteiger partial charge is 0.376 e. The molecule has 0 amide bonds. The molecule has 1 aliphatic rings. The van der Waals surface area contributed by atoms with Crippen molar-refractivity contribution in [1.82, 2.24) is 9.97 Å². The molecule has 1 saturated heterocycles. The van der Waals surface area contributed by atoms with Gasteiger partial charge < -0.3 is 15.2 Å². The minimum absolute atomic E-state index is 0.128. The number of hydrogen-bond donors (Lipinski definition) is 1. The lowest BCUT2D eigenvalue weighted by Gasteiger charge is -2.21. The molecule has 0 spiro atoms. The van der Waals surface area contributed by atoms with Crippen LogP contribution in [0, 0.1) is 0 Å². The zero-order valence-electron chi connectivity index (χ0n) is 8.56. The zero-order valence-corrected chi connectivity index (χ0v) is 8.56. The summed E-state index contributed by atoms with van der Waals surface area (Å²) >= 11 is 0. The SMILES string of the molecule is NCCc1ccnc(C2COCCO2)n1. The van der Waals surface area contributed by atoms with Crippen molar-refractivity contribution in [1.29, 1.82) is 0 Å². The van der Waals surface area contributed by atoms with Crippen molar-refractivity contribution >= 4 is 0 Å². The molecule has 1 atom stereocenters. The predicted molar refractivity (Wildman–Crippen MR) is 54.3 cm³/mol. The quantitative estimate of drug-likeness (QED) is 0.762. The molecule has 0 radical (unpaired) electrons. The van der Waals surface area contributed by atoms with Gasteiger partial charge in [-0.25, -0.2) is 9.97 Å². The summed E-state index contributed by atoms with van der Waals surface area (Å²) in [6.07, 6.45) is 2.38. The molecule has 2 N–H and O–H groups in total. The van der Waals surface area contributed by atoms with Crippen LogP contribution in [0.4, 0.5) is 0 Å². The number of rotatable bonds is 3. The Morgan fingerprint density at radius 3 is 3.13 bits per heavy atom. The van der Waals surface area contributed by atoms with Gasteiger partial charge in [-0.15, -0.1) is 0 Å². The summed E-state index contributed by atoms with van der Waals surface area (Å²) in [6, 6.07) is 1.88. The van der Waals surface area contributed by atoms with Crippen LogP contribution >= 0.6 is 0 Å². The molecule has 1 aromatic heterocycles. The van der Waals surface area contributed by atoms with Gasteiger partial charge in [0.2, 0.25) is 0 Å². The van der Waals surface area contributed by atoms with Crippen LogP contribution in [0.3, 0.4) is 0 Å². The van der Waals surface area contributed by atoms with Crippen LogP contribution in [-0.4, -0.2) is 36.3 Å². The molecule has 82 valence electrons. The average Bonchev–Trinajstić information content (AvgIpc) is 2.31. The molecule has 2 rings (SSSR count). The normalized spacial score (nSPS) is 21.5. The Labute approximate surface area is 88.6 Å². The van der Waals surface area contributed by atoms with Crippen LogP contribution in [-0.2, 0) is 15.9 Å². The Hall–Kier alpha value is -1.04. The molecule has 5 nitrogen and oxygen atoms in total. The highest BCUT2D eigenvalue weighted by Crippen LogP contribution is 2.16. The van der Waals surface area contributed by atoms with E-state index < -0.39 is 0 Å². The fraction of sp³-hybridized carbons (Fsp3) is 0.600. The van der Waals surface area contributed by atoms with Crippen LogP contribution in [0.25, 0.3) is 0 Å². The van der Waals surface area contributed by atoms with Crippen molar-refractivity contribution in [3.63, 3.8) is 0 Å². The van der Waals surface area contributed by atoms with Gasteiger partial charge in [0.25, 0.3) is 0 Å². The fourth-order valence-corrected chi connectivity index (χ4v) is 1.49. The van der Waals surface area contributed by atoms with Crippen molar-refractivity contribution < 1.29 is 9.47 Å². The lowest BCUT2D eigenvalue weighted by atomic mass is 10.2. The molecular formula is C10H15N3O2. The monoisotopic (exact) mass is 209 g/mol. The van der Waals surface area contributed by atoms with Gasteiger partial charge in [0.05, 0.1) is 19.8 Å². The van der Waals surface area contributed by atoms with Gasteiger partial charge in [-0.1, -0.05) is 0 Å². The Kier molecular flexibility index (Phi) is 3.60. The molecule has 5 heteroatoms. The molecule has 1 aromatic rings. The number of hydrogen-bond acceptors (Lipinski definition) is 5. The van der Waals surface area contributed by atoms with E-state index in [9.17, 15) is 0 Å². The van der Waals surface area contributed by atoms with Gasteiger partial charge in [-0.05, 0) is 12.6 Å². The summed E-state index contributed by atoms with van der Waals surface area (Å²) in [6.45, 7) is 2.39. The lowest BCUT2D eigenvalue weighted by molar-refractivity contribution is -0.0936. The Balaban J connectivity index is 2.09. The van der Waals surface area contributed by atoms with Gasteiger partial charge in [0, 0.05) is 18.3 Å². The summed E-state index contributed by atoms with van der Waals surface area (Å²) in [5.74, 6) is 0.695. The van der Waals surface area contributed by atoms with Gasteiger partial charge in [0.1, 0.15) is 6.10 Å². The predicted octanol–water partition coefficient (Wildman–Crippen LogP) is 0.0657. The number of nitrogens with zero attached hydrogens (tertiary/aromatic N) is 2. The third kappa shape index (κ3) is 2.71. The second-order valence-electron chi connectivity index (χ2n) is 3.38. The third-order valence-electron chi connectivity index (χ3n) is 2.24. The molecule has 0 saturated carbocycles. The molecule has 0 bridgehead atoms. The smallest absolute Gasteiger partial charge is 0.159 e. The highest BCUT2D eigenvalue weighted by atomic mass is 16.6. The standard InChI is InChI=1S/C10H15N3O2/c11-3-1-8-2-4-12-10(13-8)9-7-14-5-6-15-9/h2,4,9H,1,3,5-7,11H2. The Morgan fingerprint density at radius 1 is 1.47 bits per heavy atom. The maximum atomic E-state index is 5.52. The maximum Gasteiger partial charge on any atom is 0.159 e. The molecule has 1 aliphatic heterocycles. The van der Waals surface area contributed by atoms with Crippen molar-refractivity contribution in [2.45, 2.75) is 12.5 Å². The summed E-state index contributed by atoms with van der Waals surface area (Å²) in [7, 11) is 0. The number of ether oxygens (including phenoxy) is 2. The Morgan fingerprint density at radius 2 is 2.40 bits per heavy atom. The first-order chi connectivity index (χ1) is 7.40. The first-order valence-electron chi connectivity index (χ1n) is 5.11. The lowest BCUT2D eigenvalue weighted by Crippen LogP contribution is -2.24. The van der Waals surface area contributed by atoms with E-state index in [1.807, 2.05) is 6.07 Å². The van der Waals surface area contributed by atoms with Crippen molar-refractivity contribution in [2.24, 2.45) is 5.73 Å². The first kappa shape index (κ1) is 10.5. The van der Waals surface area contributed by atoms with Crippen LogP contribution in [0.2, 0.25) is 0 Å². The van der Waals surface area contributed by atoms with Crippen molar-refractivity contribution in [3.8, 4) is 0 Å². The van der Waals surface area contributed by atoms with E-state index >= 15 is 0 Å². The summed E-state index contributed by atoms with van der Waals surface area (Å²) in [5, 5.41) is 0. The Bertz CT molecular complexity index is 313. The van der Waals surface area contributed by atoms with Crippen LogP contribution in [0.5, 0.6) is 0 Å². The number of nitrogens with two attached hydrogens (primary N) is 1. The van der Waals surface area contributed by atoms with E-state index in [-0.39, 0.29) is 6.10 Å². The van der Waals surface area contributed by atoms with E-state index in [1.54, 1.807) is 6.20 Å². The fourth-order valence-electron chi connectivity index (χ4n) is 1.49. The highest BCUT2D eigenvalue weighted by molar-refractivity contribution is 5.05. The topological polar surface area (TPSA) is 70.3 Å². The van der Waals surface area contributed by atoms with Gasteiger partial charge in [-0.2, -0.15) is 0 Å². The molecule has 1 unspecified atom stereocenters. The summed E-state index contributed by atoms with van der Waals surface area (Å²) in [5.41, 5.74) is 6.43. The van der Waals surface area contributed by atoms with Gasteiger partial charge in [0.15, 0.2) is 5.82 Å². The zero-order chi connectivity index (χ0) is 10.5.